The van der Waals surface area contributed by atoms with E-state index in [0.717, 1.165) is 0 Å². The molecule has 2 amide bonds. The molecular formula is C21H24N2O5. The van der Waals surface area contributed by atoms with Gasteiger partial charge in [-0.1, -0.05) is 12.1 Å². The van der Waals surface area contributed by atoms with Crippen LogP contribution in [0.3, 0.4) is 0 Å². The third-order valence-corrected chi connectivity index (χ3v) is 4.80. The molecule has 3 rings (SSSR count). The number of hydrogen-bond acceptors (Lipinski definition) is 5. The molecule has 0 aliphatic carbocycles. The van der Waals surface area contributed by atoms with E-state index in [2.05, 4.69) is 0 Å². The fraction of sp³-hybridized carbons (Fsp3) is 0.333. The average molecular weight is 384 g/mol. The van der Waals surface area contributed by atoms with Crippen LogP contribution < -0.4 is 14.2 Å². The van der Waals surface area contributed by atoms with E-state index in [0.29, 0.717) is 54.6 Å². The van der Waals surface area contributed by atoms with Crippen LogP contribution in [-0.2, 0) is 0 Å². The van der Waals surface area contributed by atoms with Crippen molar-refractivity contribution in [3.63, 3.8) is 0 Å². The van der Waals surface area contributed by atoms with Gasteiger partial charge in [0.2, 0.25) is 0 Å². The predicted octanol–water partition coefficient (Wildman–Crippen LogP) is 2.31. The van der Waals surface area contributed by atoms with Crippen molar-refractivity contribution < 1.29 is 23.8 Å². The van der Waals surface area contributed by atoms with E-state index in [4.69, 9.17) is 14.2 Å². The van der Waals surface area contributed by atoms with Crippen LogP contribution in [0.2, 0.25) is 0 Å². The lowest BCUT2D eigenvalue weighted by molar-refractivity contribution is 0.0533. The van der Waals surface area contributed by atoms with Gasteiger partial charge in [0.05, 0.1) is 26.9 Å². The monoisotopic (exact) mass is 384 g/mol. The number of methoxy groups -OCH3 is 3. The van der Waals surface area contributed by atoms with Gasteiger partial charge in [0, 0.05) is 31.7 Å². The predicted molar refractivity (Wildman–Crippen MR) is 104 cm³/mol. The van der Waals surface area contributed by atoms with Gasteiger partial charge >= 0.3 is 0 Å². The fourth-order valence-corrected chi connectivity index (χ4v) is 3.28. The van der Waals surface area contributed by atoms with Crippen LogP contribution in [0.25, 0.3) is 0 Å². The van der Waals surface area contributed by atoms with Gasteiger partial charge in [0.1, 0.15) is 5.75 Å². The third-order valence-electron chi connectivity index (χ3n) is 4.80. The van der Waals surface area contributed by atoms with Gasteiger partial charge in [-0.15, -0.1) is 0 Å². The molecular weight excluding hydrogens is 360 g/mol. The first-order valence-corrected chi connectivity index (χ1v) is 9.02. The zero-order chi connectivity index (χ0) is 20.1. The van der Waals surface area contributed by atoms with Gasteiger partial charge in [-0.2, -0.15) is 0 Å². The number of hydrogen-bond donors (Lipinski definition) is 0. The summed E-state index contributed by atoms with van der Waals surface area (Å²) < 4.78 is 15.8. The second kappa shape index (κ2) is 8.65. The smallest absolute Gasteiger partial charge is 0.257 e. The quantitative estimate of drug-likeness (QED) is 0.791. The maximum absolute atomic E-state index is 12.9. The number of rotatable bonds is 5. The maximum atomic E-state index is 12.9. The van der Waals surface area contributed by atoms with Crippen LogP contribution in [0.1, 0.15) is 20.7 Å². The van der Waals surface area contributed by atoms with Crippen molar-refractivity contribution in [1.82, 2.24) is 9.80 Å². The largest absolute Gasteiger partial charge is 0.497 e. The lowest BCUT2D eigenvalue weighted by atomic mass is 10.1. The summed E-state index contributed by atoms with van der Waals surface area (Å²) in [4.78, 5) is 29.2. The number of amides is 2. The highest BCUT2D eigenvalue weighted by molar-refractivity contribution is 5.98. The number of para-hydroxylation sites is 1. The van der Waals surface area contributed by atoms with Gasteiger partial charge in [-0.25, -0.2) is 0 Å². The molecule has 1 aliphatic heterocycles. The molecule has 1 fully saturated rings. The van der Waals surface area contributed by atoms with Crippen LogP contribution >= 0.6 is 0 Å². The third kappa shape index (κ3) is 3.88. The molecule has 0 radical (unpaired) electrons. The highest BCUT2D eigenvalue weighted by Crippen LogP contribution is 2.31. The molecule has 0 atom stereocenters. The Hall–Kier alpha value is -3.22. The second-order valence-electron chi connectivity index (χ2n) is 6.36. The van der Waals surface area contributed by atoms with Gasteiger partial charge in [0.25, 0.3) is 11.8 Å². The number of ether oxygens (including phenoxy) is 3. The second-order valence-corrected chi connectivity index (χ2v) is 6.36. The van der Waals surface area contributed by atoms with Crippen LogP contribution in [0.5, 0.6) is 17.2 Å². The topological polar surface area (TPSA) is 68.3 Å². The highest BCUT2D eigenvalue weighted by atomic mass is 16.5. The van der Waals surface area contributed by atoms with E-state index in [-0.39, 0.29) is 11.8 Å². The molecule has 1 aliphatic rings. The SMILES string of the molecule is COc1cccc(C(=O)N2CCN(C(=O)c3cccc(OC)c3OC)CC2)c1. The maximum Gasteiger partial charge on any atom is 0.257 e. The Balaban J connectivity index is 1.68. The zero-order valence-electron chi connectivity index (χ0n) is 16.3. The summed E-state index contributed by atoms with van der Waals surface area (Å²) in [6, 6.07) is 12.3. The lowest BCUT2D eigenvalue weighted by Gasteiger charge is -2.35. The Kier molecular flexibility index (Phi) is 6.03. The molecule has 0 unspecified atom stereocenters. The van der Waals surface area contributed by atoms with Crippen molar-refractivity contribution in [3.05, 3.63) is 53.6 Å². The zero-order valence-corrected chi connectivity index (χ0v) is 16.3. The van der Waals surface area contributed by atoms with Crippen molar-refractivity contribution >= 4 is 11.8 Å². The van der Waals surface area contributed by atoms with E-state index in [9.17, 15) is 9.59 Å². The Bertz CT molecular complexity index is 860. The number of piperazine rings is 1. The summed E-state index contributed by atoms with van der Waals surface area (Å²) >= 11 is 0. The van der Waals surface area contributed by atoms with Crippen molar-refractivity contribution in [1.29, 1.82) is 0 Å². The Morgan fingerprint density at radius 2 is 1.43 bits per heavy atom. The van der Waals surface area contributed by atoms with Crippen LogP contribution in [0.4, 0.5) is 0 Å². The normalized spacial score (nSPS) is 13.8. The molecule has 0 bridgehead atoms. The van der Waals surface area contributed by atoms with Crippen LogP contribution in [0, 0.1) is 0 Å². The first-order valence-electron chi connectivity index (χ1n) is 9.02. The van der Waals surface area contributed by atoms with Crippen molar-refractivity contribution in [3.8, 4) is 17.2 Å². The van der Waals surface area contributed by atoms with Gasteiger partial charge < -0.3 is 24.0 Å². The minimum absolute atomic E-state index is 0.0649. The van der Waals surface area contributed by atoms with Crippen molar-refractivity contribution in [2.45, 2.75) is 0 Å². The van der Waals surface area contributed by atoms with Crippen molar-refractivity contribution in [2.75, 3.05) is 47.5 Å². The molecule has 148 valence electrons. The summed E-state index contributed by atoms with van der Waals surface area (Å²) in [5, 5.41) is 0. The molecule has 0 aromatic heterocycles. The lowest BCUT2D eigenvalue weighted by Crippen LogP contribution is -2.50. The van der Waals surface area contributed by atoms with E-state index in [1.165, 1.54) is 14.2 Å². The Labute approximate surface area is 164 Å². The minimum Gasteiger partial charge on any atom is -0.497 e. The number of benzene rings is 2. The van der Waals surface area contributed by atoms with Crippen LogP contribution in [0.15, 0.2) is 42.5 Å². The first kappa shape index (κ1) is 19.5. The fourth-order valence-electron chi connectivity index (χ4n) is 3.28. The van der Waals surface area contributed by atoms with E-state index >= 15 is 0 Å². The molecule has 7 heteroatoms. The molecule has 0 saturated carbocycles. The summed E-state index contributed by atoms with van der Waals surface area (Å²) in [6.45, 7) is 1.84. The molecule has 7 nitrogen and oxygen atoms in total. The molecule has 1 heterocycles. The Morgan fingerprint density at radius 3 is 2.04 bits per heavy atom. The minimum atomic E-state index is -0.135. The highest BCUT2D eigenvalue weighted by Gasteiger charge is 2.28. The molecule has 2 aromatic carbocycles. The number of nitrogens with zero attached hydrogens (tertiary/aromatic N) is 2. The molecule has 2 aromatic rings. The standard InChI is InChI=1S/C21H24N2O5/c1-26-16-7-4-6-15(14-16)20(24)22-10-12-23(13-11-22)21(25)17-8-5-9-18(27-2)19(17)28-3/h4-9,14H,10-13H2,1-3H3. The summed E-state index contributed by atoms with van der Waals surface area (Å²) in [7, 11) is 4.62. The molecule has 1 saturated heterocycles. The molecule has 0 spiro atoms. The Morgan fingerprint density at radius 1 is 0.786 bits per heavy atom. The molecule has 0 N–H and O–H groups in total. The van der Waals surface area contributed by atoms with Gasteiger partial charge in [-0.05, 0) is 30.3 Å². The molecule has 28 heavy (non-hydrogen) atoms. The van der Waals surface area contributed by atoms with Gasteiger partial charge in [-0.3, -0.25) is 9.59 Å². The first-order chi connectivity index (χ1) is 13.6. The average Bonchev–Trinajstić information content (AvgIpc) is 2.77. The van der Waals surface area contributed by atoms with E-state index < -0.39 is 0 Å². The van der Waals surface area contributed by atoms with Gasteiger partial charge in [0.15, 0.2) is 11.5 Å². The van der Waals surface area contributed by atoms with Crippen molar-refractivity contribution in [2.24, 2.45) is 0 Å². The van der Waals surface area contributed by atoms with Crippen LogP contribution in [-0.4, -0.2) is 69.1 Å². The summed E-state index contributed by atoms with van der Waals surface area (Å²) in [5.74, 6) is 1.38. The number of carbonyl (C=O) groups is 2. The van der Waals surface area contributed by atoms with E-state index in [1.807, 2.05) is 0 Å². The summed E-state index contributed by atoms with van der Waals surface area (Å²) in [5.41, 5.74) is 1.03. The van der Waals surface area contributed by atoms with E-state index in [1.54, 1.807) is 59.4 Å². The summed E-state index contributed by atoms with van der Waals surface area (Å²) in [6.07, 6.45) is 0. The number of carbonyl (C=O) groups excluding carboxylic acids is 2.